The van der Waals surface area contributed by atoms with Crippen LogP contribution in [0.3, 0.4) is 0 Å². The van der Waals surface area contributed by atoms with Crippen LogP contribution in [0.5, 0.6) is 5.75 Å². The maximum Gasteiger partial charge on any atom is 0.414 e. The number of hydrogen-bond acceptors (Lipinski definition) is 12. The van der Waals surface area contributed by atoms with Crippen LogP contribution in [-0.4, -0.2) is 85.8 Å². The summed E-state index contributed by atoms with van der Waals surface area (Å²) in [7, 11) is 0. The highest BCUT2D eigenvalue weighted by Gasteiger charge is 2.43. The summed E-state index contributed by atoms with van der Waals surface area (Å²) in [5, 5.41) is 9.28. The number of hydrogen-bond donors (Lipinski definition) is 1. The average molecular weight is 887 g/mol. The van der Waals surface area contributed by atoms with Crippen LogP contribution in [0, 0.1) is 27.7 Å². The minimum absolute atomic E-state index is 0.0225. The molecule has 0 radical (unpaired) electrons. The molecule has 5 aromatic carbocycles. The molecule has 3 saturated heterocycles. The highest BCUT2D eigenvalue weighted by Crippen LogP contribution is 2.41. The van der Waals surface area contributed by atoms with E-state index in [9.17, 15) is 9.90 Å². The summed E-state index contributed by atoms with van der Waals surface area (Å²) in [4.78, 5) is 55.0. The Kier molecular flexibility index (Phi) is 15.7. The molecule has 0 aliphatic carbocycles. The van der Waals surface area contributed by atoms with Gasteiger partial charge in [-0.05, 0) is 109 Å². The summed E-state index contributed by atoms with van der Waals surface area (Å²) < 4.78 is 5.18. The van der Waals surface area contributed by atoms with Crippen LogP contribution >= 0.6 is 0 Å². The Balaban J connectivity index is 0.000000195. The molecule has 0 aromatic heterocycles. The molecule has 3 aliphatic rings. The Morgan fingerprint density at radius 3 is 1.57 bits per heavy atom. The molecule has 1 amide bonds. The van der Waals surface area contributed by atoms with Gasteiger partial charge in [0.15, 0.2) is 5.75 Å². The molecule has 0 spiro atoms. The quantitative estimate of drug-likeness (QED) is 0.0316. The van der Waals surface area contributed by atoms with Crippen molar-refractivity contribution in [1.82, 2.24) is 9.80 Å². The molecular weight excluding hydrogens is 825 g/mol. The number of aryl methyl sites for hydroxylation is 4. The van der Waals surface area contributed by atoms with Crippen LogP contribution < -0.4 is 9.79 Å². The monoisotopic (exact) mass is 886 g/mol. The van der Waals surface area contributed by atoms with Gasteiger partial charge in [0, 0.05) is 49.6 Å². The van der Waals surface area contributed by atoms with Gasteiger partial charge in [-0.3, -0.25) is 24.5 Å². The number of aliphatic hydroxyl groups excluding tert-OH is 1. The summed E-state index contributed by atoms with van der Waals surface area (Å²) in [5.41, 5.74) is 11.4. The Hall–Kier alpha value is -5.64. The number of nitrogens with zero attached hydrogens (tertiary/aromatic N) is 4. The molecule has 3 heterocycles. The zero-order chi connectivity index (χ0) is 46.0. The maximum absolute atomic E-state index is 12.1. The van der Waals surface area contributed by atoms with Crippen molar-refractivity contribution in [2.24, 2.45) is 4.99 Å². The van der Waals surface area contributed by atoms with Crippen LogP contribution in [0.4, 0.5) is 16.2 Å². The van der Waals surface area contributed by atoms with Gasteiger partial charge in [0.05, 0.1) is 18.8 Å². The van der Waals surface area contributed by atoms with E-state index in [1.54, 1.807) is 11.8 Å². The number of benzene rings is 5. The number of cyclic esters (lactones) is 1. The van der Waals surface area contributed by atoms with Gasteiger partial charge in [-0.2, -0.15) is 0 Å². The summed E-state index contributed by atoms with van der Waals surface area (Å²) in [6.07, 6.45) is -0.867. The van der Waals surface area contributed by atoms with E-state index in [-0.39, 0.29) is 17.4 Å². The SMILES string of the molecule is CC(=Nc1cc(C)c(C2(C)CN(COOCc3ccccc3)C2)c(C)c1)OOc1ccccc1.Cc1cc(N2C[C@H](CO)OC2=O)cc(C)c1C1(C)CN(COOCc2ccccc2)C1. The van der Waals surface area contributed by atoms with Crippen molar-refractivity contribution in [2.45, 2.75) is 78.6 Å². The molecule has 65 heavy (non-hydrogen) atoms. The lowest BCUT2D eigenvalue weighted by Gasteiger charge is -2.49. The Bertz CT molecular complexity index is 2320. The minimum Gasteiger partial charge on any atom is -0.441 e. The van der Waals surface area contributed by atoms with E-state index >= 15 is 0 Å². The van der Waals surface area contributed by atoms with Crippen LogP contribution in [0.2, 0.25) is 0 Å². The standard InChI is InChI=1S/C28H32N2O4.C24H30N2O5/c1-21-15-25(29-23(3)33-34-26-13-9-6-10-14-26)16-22(2)27(21)28(4)18-30(19-28)20-32-31-17-24-11-7-5-8-12-24;1-17-9-20(26-11-21(12-27)31-23(26)28)10-18(2)22(17)24(3)14-25(15-24)16-30-29-13-19-7-5-4-6-8-19/h5-16H,17-20H2,1-4H3;4-10,21,27H,11-16H2,1-3H3/t;21-/m.1/s1. The first-order valence-corrected chi connectivity index (χ1v) is 22.1. The van der Waals surface area contributed by atoms with Crippen LogP contribution in [0.15, 0.2) is 120 Å². The number of aliphatic imine (C=N–C) groups is 1. The zero-order valence-electron chi connectivity index (χ0n) is 38.6. The Morgan fingerprint density at radius 2 is 1.12 bits per heavy atom. The highest BCUT2D eigenvalue weighted by atomic mass is 17.2. The van der Waals surface area contributed by atoms with Gasteiger partial charge in [0.2, 0.25) is 5.90 Å². The fourth-order valence-corrected chi connectivity index (χ4v) is 9.59. The van der Waals surface area contributed by atoms with Crippen molar-refractivity contribution < 1.29 is 44.0 Å². The zero-order valence-corrected chi connectivity index (χ0v) is 38.6. The smallest absolute Gasteiger partial charge is 0.414 e. The first kappa shape index (κ1) is 47.3. The Labute approximate surface area is 382 Å². The normalized spacial score (nSPS) is 18.0. The highest BCUT2D eigenvalue weighted by molar-refractivity contribution is 5.90. The molecule has 5 aromatic rings. The molecule has 0 saturated carbocycles. The van der Waals surface area contributed by atoms with Gasteiger partial charge in [-0.1, -0.05) is 92.7 Å². The largest absolute Gasteiger partial charge is 0.441 e. The molecule has 3 fully saturated rings. The van der Waals surface area contributed by atoms with Crippen molar-refractivity contribution in [3.05, 3.63) is 160 Å². The molecule has 8 rings (SSSR count). The van der Waals surface area contributed by atoms with Crippen molar-refractivity contribution in [3.8, 4) is 5.75 Å². The minimum atomic E-state index is -0.463. The predicted octanol–water partition coefficient (Wildman–Crippen LogP) is 9.34. The van der Waals surface area contributed by atoms with Crippen LogP contribution in [0.1, 0.15) is 65.3 Å². The molecule has 13 heteroatoms. The summed E-state index contributed by atoms with van der Waals surface area (Å²) in [6.45, 7) is 20.4. The molecule has 13 nitrogen and oxygen atoms in total. The summed E-state index contributed by atoms with van der Waals surface area (Å²) >= 11 is 0. The summed E-state index contributed by atoms with van der Waals surface area (Å²) in [5.74, 6) is 1.08. The van der Waals surface area contributed by atoms with E-state index in [1.807, 2.05) is 103 Å². The van der Waals surface area contributed by atoms with E-state index in [0.29, 0.717) is 44.9 Å². The van der Waals surface area contributed by atoms with Gasteiger partial charge >= 0.3 is 6.09 Å². The fourth-order valence-electron chi connectivity index (χ4n) is 9.59. The lowest BCUT2D eigenvalue weighted by atomic mass is 9.72. The van der Waals surface area contributed by atoms with Crippen molar-refractivity contribution in [3.63, 3.8) is 0 Å². The second-order valence-electron chi connectivity index (χ2n) is 17.9. The molecule has 1 atom stereocenters. The van der Waals surface area contributed by atoms with Gasteiger partial charge in [-0.15, -0.1) is 0 Å². The van der Waals surface area contributed by atoms with Crippen LogP contribution in [-0.2, 0) is 53.2 Å². The number of likely N-dealkylation sites (tertiary alicyclic amines) is 2. The molecule has 0 bridgehead atoms. The van der Waals surface area contributed by atoms with Crippen molar-refractivity contribution >= 4 is 23.4 Å². The first-order valence-electron chi connectivity index (χ1n) is 22.1. The Morgan fingerprint density at radius 1 is 0.677 bits per heavy atom. The third-order valence-electron chi connectivity index (χ3n) is 12.0. The third kappa shape index (κ3) is 12.2. The number of para-hydroxylation sites is 1. The van der Waals surface area contributed by atoms with E-state index in [4.69, 9.17) is 34.1 Å². The lowest BCUT2D eigenvalue weighted by Crippen LogP contribution is -2.58. The predicted molar refractivity (Wildman–Crippen MR) is 250 cm³/mol. The number of rotatable bonds is 17. The van der Waals surface area contributed by atoms with Gasteiger partial charge < -0.3 is 9.84 Å². The van der Waals surface area contributed by atoms with E-state index in [1.165, 1.54) is 22.3 Å². The van der Waals surface area contributed by atoms with Gasteiger partial charge in [0.25, 0.3) is 0 Å². The van der Waals surface area contributed by atoms with E-state index in [2.05, 4.69) is 68.5 Å². The van der Waals surface area contributed by atoms with E-state index in [0.717, 1.165) is 59.8 Å². The summed E-state index contributed by atoms with van der Waals surface area (Å²) in [6, 6.07) is 37.6. The van der Waals surface area contributed by atoms with Crippen LogP contribution in [0.25, 0.3) is 0 Å². The molecule has 344 valence electrons. The number of ether oxygens (including phenoxy) is 1. The second kappa shape index (κ2) is 21.6. The fraction of sp³-hybridized carbons (Fsp3) is 0.385. The maximum atomic E-state index is 12.1. The molecule has 1 N–H and O–H groups in total. The topological polar surface area (TPSA) is 124 Å². The molecular formula is C52H62N4O9. The van der Waals surface area contributed by atoms with Crippen molar-refractivity contribution in [2.75, 3.05) is 57.7 Å². The lowest BCUT2D eigenvalue weighted by molar-refractivity contribution is -0.330. The number of carbonyl (C=O) groups is 1. The first-order chi connectivity index (χ1) is 31.3. The average Bonchev–Trinajstić information content (AvgIpc) is 3.66. The number of aliphatic hydroxyl groups is 1. The number of carbonyl (C=O) groups excluding carboxylic acids is 1. The van der Waals surface area contributed by atoms with E-state index < -0.39 is 12.2 Å². The molecule has 3 aliphatic heterocycles. The van der Waals surface area contributed by atoms with Gasteiger partial charge in [0.1, 0.15) is 32.8 Å². The second-order valence-corrected chi connectivity index (χ2v) is 17.9. The number of anilines is 1. The molecule has 0 unspecified atom stereocenters. The third-order valence-corrected chi connectivity index (χ3v) is 12.0. The number of amides is 1. The van der Waals surface area contributed by atoms with Crippen molar-refractivity contribution in [1.29, 1.82) is 0 Å². The van der Waals surface area contributed by atoms with Gasteiger partial charge in [-0.25, -0.2) is 29.3 Å².